The highest BCUT2D eigenvalue weighted by Crippen LogP contribution is 2.26. The summed E-state index contributed by atoms with van der Waals surface area (Å²) in [5.74, 6) is -2.78. The van der Waals surface area contributed by atoms with Gasteiger partial charge in [0, 0.05) is 49.6 Å². The fraction of sp³-hybridized carbons (Fsp3) is 0.513. The van der Waals surface area contributed by atoms with Crippen LogP contribution in [0.4, 0.5) is 29.3 Å². The largest absolute Gasteiger partial charge is 0.514 e. The highest BCUT2D eigenvalue weighted by Gasteiger charge is 2.42. The van der Waals surface area contributed by atoms with E-state index in [2.05, 4.69) is 20.9 Å². The van der Waals surface area contributed by atoms with Crippen LogP contribution in [-0.2, 0) is 35.3 Å². The van der Waals surface area contributed by atoms with Gasteiger partial charge in [0.1, 0.15) is 24.4 Å². The predicted molar refractivity (Wildman–Crippen MR) is 203 cm³/mol. The van der Waals surface area contributed by atoms with Crippen molar-refractivity contribution >= 4 is 41.2 Å². The van der Waals surface area contributed by atoms with E-state index in [1.54, 1.807) is 38.1 Å². The molecule has 0 radical (unpaired) electrons. The molecule has 2 aliphatic heterocycles. The van der Waals surface area contributed by atoms with Crippen molar-refractivity contribution in [2.45, 2.75) is 83.3 Å². The number of imide groups is 1. The first-order chi connectivity index (χ1) is 27.6. The number of unbranched alkanes of at least 4 members (excludes halogenated alkanes) is 2. The molecule has 1 saturated heterocycles. The number of carbonyl (C=O) groups is 5. The standard InChI is InChI=1S/C39H49F3N6O10/c1-26(2)35(45-32(39(40,41)42)8-4-3-5-20-47-33(49)17-18-34(47)50)37(52)44-31(7-6-19-46-21-23-56-24-22-46)36(51)43-28-11-9-27(10-12-28)25-57-38(53)58-30-15-13-29(14-16-30)48(54)55/h9-18,26,31-32,35,45H,3-8,19-25H2,1-2H3,(H,43,51)(H,44,52)/t31-,32+,35?/m0/s1. The molecule has 1 fully saturated rings. The number of hydrogen-bond acceptors (Lipinski definition) is 12. The lowest BCUT2D eigenvalue weighted by molar-refractivity contribution is -0.384. The van der Waals surface area contributed by atoms with Crippen LogP contribution in [0.15, 0.2) is 60.7 Å². The second-order valence-electron chi connectivity index (χ2n) is 14.2. The van der Waals surface area contributed by atoms with Crippen LogP contribution in [0.1, 0.15) is 57.9 Å². The maximum atomic E-state index is 14.3. The molecule has 4 amide bonds. The molecule has 0 bridgehead atoms. The number of nitrogens with one attached hydrogen (secondary N) is 3. The highest BCUT2D eigenvalue weighted by molar-refractivity contribution is 6.12. The molecule has 3 atom stereocenters. The fourth-order valence-electron chi connectivity index (χ4n) is 6.27. The summed E-state index contributed by atoms with van der Waals surface area (Å²) in [7, 11) is 0. The van der Waals surface area contributed by atoms with Gasteiger partial charge in [0.05, 0.1) is 24.2 Å². The molecule has 3 N–H and O–H groups in total. The van der Waals surface area contributed by atoms with Gasteiger partial charge in [-0.3, -0.25) is 44.4 Å². The fourth-order valence-corrected chi connectivity index (χ4v) is 6.27. The third-order valence-corrected chi connectivity index (χ3v) is 9.53. The summed E-state index contributed by atoms with van der Waals surface area (Å²) < 4.78 is 58.3. The van der Waals surface area contributed by atoms with Gasteiger partial charge >= 0.3 is 12.3 Å². The SMILES string of the molecule is CC(C)C(N[C@H](CCCCCN1C(=O)C=CC1=O)C(F)(F)F)C(=O)N[C@@H](CCCN1CCOCC1)C(=O)Nc1ccc(COC(=O)Oc2ccc([N+](=O)[O-])cc2)cc1. The number of anilines is 1. The van der Waals surface area contributed by atoms with E-state index in [0.29, 0.717) is 63.4 Å². The number of nitrogens with zero attached hydrogens (tertiary/aromatic N) is 3. The molecule has 4 rings (SSSR count). The third-order valence-electron chi connectivity index (χ3n) is 9.53. The molecule has 0 aliphatic carbocycles. The smallest absolute Gasteiger partial charge is 0.429 e. The Bertz CT molecular complexity index is 1730. The number of amides is 4. The Morgan fingerprint density at radius 1 is 0.879 bits per heavy atom. The normalized spacial score (nSPS) is 16.2. The first kappa shape index (κ1) is 45.3. The van der Waals surface area contributed by atoms with Gasteiger partial charge in [0.2, 0.25) is 11.8 Å². The van der Waals surface area contributed by atoms with E-state index in [1.807, 2.05) is 0 Å². The van der Waals surface area contributed by atoms with E-state index in [4.69, 9.17) is 14.2 Å². The molecule has 16 nitrogen and oxygen atoms in total. The number of alkyl halides is 3. The van der Waals surface area contributed by atoms with E-state index in [1.165, 1.54) is 24.3 Å². The zero-order valence-electron chi connectivity index (χ0n) is 32.3. The summed E-state index contributed by atoms with van der Waals surface area (Å²) in [6, 6.07) is 6.72. The maximum absolute atomic E-state index is 14.3. The number of nitro groups is 1. The number of benzene rings is 2. The Morgan fingerprint density at radius 3 is 2.14 bits per heavy atom. The molecule has 2 heterocycles. The van der Waals surface area contributed by atoms with Gasteiger partial charge in [-0.2, -0.15) is 13.2 Å². The van der Waals surface area contributed by atoms with Crippen LogP contribution in [-0.4, -0.2) is 108 Å². The Hall–Kier alpha value is -5.40. The van der Waals surface area contributed by atoms with Crippen molar-refractivity contribution in [1.82, 2.24) is 20.4 Å². The number of non-ortho nitro benzene ring substituents is 1. The molecule has 0 aromatic heterocycles. The zero-order valence-corrected chi connectivity index (χ0v) is 32.3. The lowest BCUT2D eigenvalue weighted by Crippen LogP contribution is -2.58. The van der Waals surface area contributed by atoms with Gasteiger partial charge in [-0.15, -0.1) is 0 Å². The predicted octanol–water partition coefficient (Wildman–Crippen LogP) is 4.88. The van der Waals surface area contributed by atoms with E-state index >= 15 is 0 Å². The van der Waals surface area contributed by atoms with Gasteiger partial charge in [-0.25, -0.2) is 4.79 Å². The van der Waals surface area contributed by atoms with E-state index < -0.39 is 64.9 Å². The van der Waals surface area contributed by atoms with Crippen molar-refractivity contribution in [3.05, 3.63) is 76.4 Å². The maximum Gasteiger partial charge on any atom is 0.514 e. The highest BCUT2D eigenvalue weighted by atomic mass is 19.4. The average Bonchev–Trinajstić information content (AvgIpc) is 3.50. The lowest BCUT2D eigenvalue weighted by Gasteiger charge is -2.31. The molecule has 2 aliphatic rings. The van der Waals surface area contributed by atoms with Crippen LogP contribution in [0.3, 0.4) is 0 Å². The van der Waals surface area contributed by atoms with Crippen molar-refractivity contribution in [2.75, 3.05) is 44.7 Å². The molecular formula is C39H49F3N6O10. The minimum atomic E-state index is -4.68. The van der Waals surface area contributed by atoms with Crippen molar-refractivity contribution in [2.24, 2.45) is 5.92 Å². The molecule has 0 spiro atoms. The van der Waals surface area contributed by atoms with E-state index in [0.717, 1.165) is 17.1 Å². The quantitative estimate of drug-likeness (QED) is 0.0386. The number of halogens is 3. The molecule has 0 saturated carbocycles. The third kappa shape index (κ3) is 14.5. The number of rotatable bonds is 21. The van der Waals surface area contributed by atoms with Crippen LogP contribution >= 0.6 is 0 Å². The second-order valence-corrected chi connectivity index (χ2v) is 14.2. The molecule has 2 aromatic carbocycles. The minimum absolute atomic E-state index is 0.0498. The number of carbonyl (C=O) groups excluding carboxylic acids is 5. The molecule has 1 unspecified atom stereocenters. The summed E-state index contributed by atoms with van der Waals surface area (Å²) in [5, 5.41) is 18.8. The summed E-state index contributed by atoms with van der Waals surface area (Å²) in [5.41, 5.74) is 0.710. The van der Waals surface area contributed by atoms with Crippen LogP contribution in [0.25, 0.3) is 0 Å². The molecule has 2 aromatic rings. The van der Waals surface area contributed by atoms with Crippen molar-refractivity contribution in [3.63, 3.8) is 0 Å². The summed E-state index contributed by atoms with van der Waals surface area (Å²) >= 11 is 0. The summed E-state index contributed by atoms with van der Waals surface area (Å²) in [4.78, 5) is 76.4. The van der Waals surface area contributed by atoms with Crippen LogP contribution in [0.5, 0.6) is 5.75 Å². The number of hydrogen-bond donors (Lipinski definition) is 3. The second kappa shape index (κ2) is 21.9. The van der Waals surface area contributed by atoms with E-state index in [9.17, 15) is 47.3 Å². The Balaban J connectivity index is 1.34. The van der Waals surface area contributed by atoms with Gasteiger partial charge < -0.3 is 24.8 Å². The molecule has 19 heteroatoms. The van der Waals surface area contributed by atoms with Crippen LogP contribution in [0.2, 0.25) is 0 Å². The van der Waals surface area contributed by atoms with E-state index in [-0.39, 0.29) is 43.9 Å². The molecule has 58 heavy (non-hydrogen) atoms. The number of morpholine rings is 1. The number of nitro benzene ring substituents is 1. The van der Waals surface area contributed by atoms with Gasteiger partial charge in [0.15, 0.2) is 0 Å². The topological polar surface area (TPSA) is 199 Å². The first-order valence-electron chi connectivity index (χ1n) is 19.1. The Labute approximate surface area is 333 Å². The van der Waals surface area contributed by atoms with Crippen LogP contribution in [0, 0.1) is 16.0 Å². The number of ether oxygens (including phenoxy) is 3. The van der Waals surface area contributed by atoms with Gasteiger partial charge in [-0.05, 0) is 68.0 Å². The summed E-state index contributed by atoms with van der Waals surface area (Å²) in [6.45, 7) is 6.29. The lowest BCUT2D eigenvalue weighted by atomic mass is 9.99. The monoisotopic (exact) mass is 818 g/mol. The summed E-state index contributed by atoms with van der Waals surface area (Å²) in [6.07, 6.45) is -2.30. The van der Waals surface area contributed by atoms with Crippen molar-refractivity contribution in [3.8, 4) is 5.75 Å². The zero-order chi connectivity index (χ0) is 42.2. The van der Waals surface area contributed by atoms with Gasteiger partial charge in [-0.1, -0.05) is 38.8 Å². The van der Waals surface area contributed by atoms with Crippen molar-refractivity contribution < 1.29 is 56.3 Å². The van der Waals surface area contributed by atoms with Crippen molar-refractivity contribution in [1.29, 1.82) is 0 Å². The Morgan fingerprint density at radius 2 is 1.53 bits per heavy atom. The first-order valence-corrected chi connectivity index (χ1v) is 19.1. The molecular weight excluding hydrogens is 769 g/mol. The minimum Gasteiger partial charge on any atom is -0.429 e. The average molecular weight is 819 g/mol. The molecule has 316 valence electrons. The van der Waals surface area contributed by atoms with Crippen LogP contribution < -0.4 is 20.7 Å². The van der Waals surface area contributed by atoms with Gasteiger partial charge in [0.25, 0.3) is 17.5 Å². The Kier molecular flexibility index (Phi) is 17.1.